The zero-order valence-electron chi connectivity index (χ0n) is 66.8. The molecule has 3 heteroatoms. The van der Waals surface area contributed by atoms with E-state index in [0.717, 1.165) is 12.8 Å². The summed E-state index contributed by atoms with van der Waals surface area (Å²) in [5.74, 6) is 0. The van der Waals surface area contributed by atoms with Crippen LogP contribution in [0.15, 0.2) is 188 Å². The molecule has 524 valence electrons. The molecule has 0 radical (unpaired) electrons. The third kappa shape index (κ3) is 9.71. The summed E-state index contributed by atoms with van der Waals surface area (Å²) in [5.41, 5.74) is 38.2. The highest BCUT2D eigenvalue weighted by Gasteiger charge is 2.55. The first-order valence-electron chi connectivity index (χ1n) is 39.0. The zero-order valence-corrected chi connectivity index (χ0v) is 66.8. The maximum atomic E-state index is 2.87. The van der Waals surface area contributed by atoms with Crippen molar-refractivity contribution in [1.29, 1.82) is 0 Å². The quantitative estimate of drug-likeness (QED) is 0.134. The molecule has 0 saturated heterocycles. The molecule has 104 heavy (non-hydrogen) atoms. The van der Waals surface area contributed by atoms with Gasteiger partial charge in [0.2, 0.25) is 0 Å². The molecule has 1 spiro atoms. The topological polar surface area (TPSA) is 9.86 Å². The lowest BCUT2D eigenvalue weighted by molar-refractivity contribution is 0.505. The first-order chi connectivity index (χ1) is 48.8. The Morgan fingerprint density at radius 3 is 1.28 bits per heavy atom. The number of rotatable bonds is 8. The Morgan fingerprint density at radius 2 is 0.769 bits per heavy atom. The first-order valence-corrected chi connectivity index (χ1v) is 39.0. The van der Waals surface area contributed by atoms with Crippen molar-refractivity contribution in [3.05, 3.63) is 255 Å². The van der Waals surface area contributed by atoms with Crippen molar-refractivity contribution in [2.24, 2.45) is 0 Å². The molecule has 17 rings (SSSR count). The number of hydrogen-bond acceptors (Lipinski definition) is 0. The highest BCUT2D eigenvalue weighted by atomic mass is 15.1. The van der Waals surface area contributed by atoms with Gasteiger partial charge in [0.1, 0.15) is 0 Å². The van der Waals surface area contributed by atoms with Gasteiger partial charge in [-0.05, 0) is 225 Å². The van der Waals surface area contributed by atoms with Crippen LogP contribution < -0.4 is 16.4 Å². The fourth-order valence-corrected chi connectivity index (χ4v) is 18.7. The van der Waals surface area contributed by atoms with Crippen molar-refractivity contribution in [3.63, 3.8) is 0 Å². The van der Waals surface area contributed by atoms with Gasteiger partial charge in [-0.15, -0.1) is 0 Å². The smallest absolute Gasteiger partial charge is 0.253 e. The highest BCUT2D eigenvalue weighted by Crippen LogP contribution is 2.63. The Balaban J connectivity index is 1.14. The number of aromatic nitrogens is 2. The van der Waals surface area contributed by atoms with Gasteiger partial charge in [-0.2, -0.15) is 0 Å². The van der Waals surface area contributed by atoms with Gasteiger partial charge in [-0.1, -0.05) is 318 Å². The molecular formula is C101H107BN2. The largest absolute Gasteiger partial charge is 0.310 e. The summed E-state index contributed by atoms with van der Waals surface area (Å²) >= 11 is 0. The van der Waals surface area contributed by atoms with Gasteiger partial charge in [0.25, 0.3) is 6.71 Å². The molecule has 0 unspecified atom stereocenters. The Labute approximate surface area is 621 Å². The summed E-state index contributed by atoms with van der Waals surface area (Å²) in [6.45, 7) is 57.7. The van der Waals surface area contributed by atoms with E-state index < -0.39 is 5.41 Å². The molecule has 0 saturated carbocycles. The molecule has 2 aromatic heterocycles. The van der Waals surface area contributed by atoms with E-state index in [-0.39, 0.29) is 50.0 Å². The SMILES string of the molecule is CCC(C)(C)c1cc2c3c(c1)c1cc(C(C)(C)CC)cc4c1n3-c1c(ccc3c1B2c1c2ccccc2cc2c(-c5ccc(C(C)(C)C)cc5-c5cc(C(C)(C)C)cc(C(C)(C)C)c5)c(-c5ccc(C(C)(C)C)cc5-c5cc(C(C)(C)C)cc(C(C)(C)C)c5)n-3c12)C41c2ccccc2-c2ccccc21. The van der Waals surface area contributed by atoms with E-state index in [1.54, 1.807) is 0 Å². The summed E-state index contributed by atoms with van der Waals surface area (Å²) in [4.78, 5) is 0. The van der Waals surface area contributed by atoms with Gasteiger partial charge in [0, 0.05) is 44.2 Å². The van der Waals surface area contributed by atoms with E-state index in [2.05, 4.69) is 363 Å². The van der Waals surface area contributed by atoms with Crippen LogP contribution in [0.25, 0.3) is 111 Å². The van der Waals surface area contributed by atoms with E-state index in [9.17, 15) is 0 Å². The van der Waals surface area contributed by atoms with Crippen LogP contribution in [0.1, 0.15) is 246 Å². The molecule has 0 N–H and O–H groups in total. The number of nitrogens with zero attached hydrogens (tertiary/aromatic N) is 2. The Hall–Kier alpha value is -8.92. The van der Waals surface area contributed by atoms with E-state index in [1.165, 1.54) is 194 Å². The van der Waals surface area contributed by atoms with Crippen molar-refractivity contribution < 1.29 is 0 Å². The lowest BCUT2D eigenvalue weighted by atomic mass is 9.33. The Bertz CT molecular complexity index is 5770. The van der Waals surface area contributed by atoms with E-state index in [0.29, 0.717) is 0 Å². The first kappa shape index (κ1) is 68.2. The van der Waals surface area contributed by atoms with Gasteiger partial charge in [-0.25, -0.2) is 0 Å². The molecule has 1 aliphatic carbocycles. The summed E-state index contributed by atoms with van der Waals surface area (Å²) in [6.07, 6.45) is 2.03. The van der Waals surface area contributed by atoms with Crippen LogP contribution in [0.5, 0.6) is 0 Å². The predicted octanol–water partition coefficient (Wildman–Crippen LogP) is 25.5. The molecule has 13 aromatic rings. The van der Waals surface area contributed by atoms with Crippen LogP contribution in [-0.4, -0.2) is 15.8 Å². The molecular weight excluding hydrogens is 1250 g/mol. The highest BCUT2D eigenvalue weighted by molar-refractivity contribution is 7.01. The fourth-order valence-electron chi connectivity index (χ4n) is 18.7. The molecule has 0 atom stereocenters. The summed E-state index contributed by atoms with van der Waals surface area (Å²) in [7, 11) is 0. The summed E-state index contributed by atoms with van der Waals surface area (Å²) in [5, 5.41) is 6.59. The second-order valence-corrected chi connectivity index (χ2v) is 39.4. The third-order valence-corrected chi connectivity index (χ3v) is 25.9. The maximum absolute atomic E-state index is 2.87. The summed E-state index contributed by atoms with van der Waals surface area (Å²) in [6, 6.07) is 77.7. The zero-order chi connectivity index (χ0) is 73.8. The van der Waals surface area contributed by atoms with Gasteiger partial charge in [-0.3, -0.25) is 0 Å². The predicted molar refractivity (Wildman–Crippen MR) is 451 cm³/mol. The second kappa shape index (κ2) is 22.1. The van der Waals surface area contributed by atoms with Crippen LogP contribution in [0.3, 0.4) is 0 Å². The van der Waals surface area contributed by atoms with Crippen LogP contribution in [0.2, 0.25) is 0 Å². The lowest BCUT2D eigenvalue weighted by Gasteiger charge is -2.44. The van der Waals surface area contributed by atoms with Crippen molar-refractivity contribution in [2.75, 3.05) is 0 Å². The summed E-state index contributed by atoms with van der Waals surface area (Å²) < 4.78 is 5.72. The molecule has 11 aromatic carbocycles. The van der Waals surface area contributed by atoms with Gasteiger partial charge in [0.05, 0.1) is 22.1 Å². The molecule has 0 amide bonds. The van der Waals surface area contributed by atoms with Crippen LogP contribution in [-0.2, 0) is 48.7 Å². The minimum Gasteiger partial charge on any atom is -0.310 e. The van der Waals surface area contributed by atoms with Gasteiger partial charge in [0.15, 0.2) is 0 Å². The van der Waals surface area contributed by atoms with Crippen molar-refractivity contribution in [1.82, 2.24) is 9.13 Å². The van der Waals surface area contributed by atoms with E-state index in [1.807, 2.05) is 0 Å². The monoisotopic (exact) mass is 1360 g/mol. The lowest BCUT2D eigenvalue weighted by Crippen LogP contribution is -2.61. The molecule has 4 aliphatic rings. The Morgan fingerprint density at radius 1 is 0.308 bits per heavy atom. The van der Waals surface area contributed by atoms with E-state index in [4.69, 9.17) is 0 Å². The van der Waals surface area contributed by atoms with Crippen LogP contribution in [0.4, 0.5) is 0 Å². The van der Waals surface area contributed by atoms with Gasteiger partial charge >= 0.3 is 0 Å². The average Bonchev–Trinajstić information content (AvgIpc) is 1.44. The van der Waals surface area contributed by atoms with Crippen molar-refractivity contribution in [2.45, 2.75) is 228 Å². The maximum Gasteiger partial charge on any atom is 0.253 e. The molecule has 0 bridgehead atoms. The fraction of sp³-hybridized carbons (Fsp3) is 0.347. The number of benzene rings is 11. The van der Waals surface area contributed by atoms with Crippen molar-refractivity contribution >= 4 is 66.6 Å². The normalized spacial score (nSPS) is 14.7. The molecule has 5 heterocycles. The van der Waals surface area contributed by atoms with Crippen LogP contribution >= 0.6 is 0 Å². The molecule has 3 aliphatic heterocycles. The second-order valence-electron chi connectivity index (χ2n) is 39.4. The number of hydrogen-bond donors (Lipinski definition) is 0. The number of fused-ring (bicyclic) bond motifs is 13. The molecule has 2 nitrogen and oxygen atoms in total. The van der Waals surface area contributed by atoms with Crippen LogP contribution in [0, 0.1) is 0 Å². The average molecular weight is 1360 g/mol. The third-order valence-electron chi connectivity index (χ3n) is 25.9. The Kier molecular flexibility index (Phi) is 14.5. The van der Waals surface area contributed by atoms with E-state index >= 15 is 0 Å². The van der Waals surface area contributed by atoms with Crippen molar-refractivity contribution in [3.8, 4) is 67.1 Å². The standard InChI is InChI=1S/C101H107BN2/c1-25-99(21,22)67-54-76-77-55-68(100(23,24)26-2)57-83-89(77)104-88(76)82(56-67)101(79-37-31-29-35-70(79)71-36-30-32-38-80(71)101)81-43-44-84-87(92(81)104)102(83)86-69-34-28-27-33-58(69)49-78-85(72-41-39-61(93(3,4)5)52-74(72)59-45-63(95(9,10)11)50-64(46-59)96(12,13)14)90(103(84)91(78)86)73-42-40-62(94(6,7)8)53-75(73)60-47-65(97(15,16)17)51-66(48-60)98(18,19)20/h27-57H,25-26H2,1-24H3. The minimum atomic E-state index is -0.650. The molecule has 0 fully saturated rings. The van der Waals surface area contributed by atoms with Gasteiger partial charge < -0.3 is 9.13 Å². The minimum absolute atomic E-state index is 0.0995.